The van der Waals surface area contributed by atoms with Gasteiger partial charge in [-0.1, -0.05) is 17.7 Å². The molecule has 0 spiro atoms. The van der Waals surface area contributed by atoms with Gasteiger partial charge in [0.05, 0.1) is 11.4 Å². The number of nitrogens with one attached hydrogen (secondary N) is 1. The van der Waals surface area contributed by atoms with E-state index in [1.54, 1.807) is 12.1 Å². The molecule has 146 valence electrons. The fourth-order valence-corrected chi connectivity index (χ4v) is 4.62. The van der Waals surface area contributed by atoms with E-state index in [1.807, 2.05) is 28.9 Å². The van der Waals surface area contributed by atoms with Gasteiger partial charge in [0.2, 0.25) is 15.9 Å². The molecule has 0 bridgehead atoms. The molecule has 0 radical (unpaired) electrons. The number of benzene rings is 1. The molecule has 1 amide bonds. The zero-order valence-electron chi connectivity index (χ0n) is 15.1. The Morgan fingerprint density at radius 3 is 2.15 bits per heavy atom. The first kappa shape index (κ1) is 21.1. The molecule has 2 heterocycles. The highest BCUT2D eigenvalue weighted by Crippen LogP contribution is 2.18. The fourth-order valence-electron chi connectivity index (χ4n) is 3.19. The van der Waals surface area contributed by atoms with Crippen LogP contribution in [0.4, 0.5) is 0 Å². The van der Waals surface area contributed by atoms with E-state index in [0.29, 0.717) is 37.6 Å². The summed E-state index contributed by atoms with van der Waals surface area (Å²) in [5.41, 5.74) is 1.04. The summed E-state index contributed by atoms with van der Waals surface area (Å²) < 4.78 is 26.9. The number of halogens is 1. The smallest absolute Gasteiger partial charge is 0.243 e. The Labute approximate surface area is 161 Å². The Morgan fingerprint density at radius 1 is 1.00 bits per heavy atom. The Bertz CT molecular complexity index is 697. The SMILES string of the molecule is Cc1ccc(S(=O)(=O)N2CCN(CC(=O)N3CCNCC3)CC2)cc1.Cl. The van der Waals surface area contributed by atoms with Gasteiger partial charge in [-0.25, -0.2) is 8.42 Å². The minimum absolute atomic E-state index is 0. The molecule has 2 fully saturated rings. The van der Waals surface area contributed by atoms with Gasteiger partial charge in [-0.05, 0) is 19.1 Å². The van der Waals surface area contributed by atoms with Gasteiger partial charge in [0.15, 0.2) is 0 Å². The van der Waals surface area contributed by atoms with Gasteiger partial charge in [-0.3, -0.25) is 9.69 Å². The Morgan fingerprint density at radius 2 is 1.58 bits per heavy atom. The molecule has 0 saturated carbocycles. The number of hydrogen-bond acceptors (Lipinski definition) is 5. The van der Waals surface area contributed by atoms with Crippen molar-refractivity contribution in [1.82, 2.24) is 19.4 Å². The maximum absolute atomic E-state index is 12.7. The Kier molecular flexibility index (Phi) is 7.42. The topological polar surface area (TPSA) is 73.0 Å². The van der Waals surface area contributed by atoms with E-state index >= 15 is 0 Å². The minimum Gasteiger partial charge on any atom is -0.339 e. The number of piperazine rings is 2. The zero-order chi connectivity index (χ0) is 17.9. The van der Waals surface area contributed by atoms with Crippen LogP contribution in [0.1, 0.15) is 5.56 Å². The van der Waals surface area contributed by atoms with Gasteiger partial charge in [-0.2, -0.15) is 4.31 Å². The van der Waals surface area contributed by atoms with Crippen molar-refractivity contribution in [2.75, 3.05) is 58.9 Å². The number of rotatable bonds is 4. The lowest BCUT2D eigenvalue weighted by Crippen LogP contribution is -2.53. The van der Waals surface area contributed by atoms with Gasteiger partial charge in [0.25, 0.3) is 0 Å². The third-order valence-electron chi connectivity index (χ3n) is 4.82. The summed E-state index contributed by atoms with van der Waals surface area (Å²) in [7, 11) is -3.45. The maximum atomic E-state index is 12.7. The third-order valence-corrected chi connectivity index (χ3v) is 6.73. The van der Waals surface area contributed by atoms with E-state index in [-0.39, 0.29) is 18.3 Å². The second kappa shape index (κ2) is 9.14. The third kappa shape index (κ3) is 4.95. The van der Waals surface area contributed by atoms with E-state index in [1.165, 1.54) is 4.31 Å². The van der Waals surface area contributed by atoms with Crippen LogP contribution < -0.4 is 5.32 Å². The molecule has 0 aliphatic carbocycles. The number of hydrogen-bond donors (Lipinski definition) is 1. The zero-order valence-corrected chi connectivity index (χ0v) is 16.7. The van der Waals surface area contributed by atoms with Crippen LogP contribution in [0, 0.1) is 6.92 Å². The van der Waals surface area contributed by atoms with E-state index in [0.717, 1.165) is 31.7 Å². The van der Waals surface area contributed by atoms with E-state index in [2.05, 4.69) is 5.32 Å². The summed E-state index contributed by atoms with van der Waals surface area (Å²) in [5, 5.41) is 3.23. The summed E-state index contributed by atoms with van der Waals surface area (Å²) in [4.78, 5) is 16.6. The fraction of sp³-hybridized carbons (Fsp3) is 0.588. The van der Waals surface area contributed by atoms with Crippen LogP contribution in [-0.2, 0) is 14.8 Å². The van der Waals surface area contributed by atoms with Gasteiger partial charge < -0.3 is 10.2 Å². The van der Waals surface area contributed by atoms with Crippen molar-refractivity contribution in [3.63, 3.8) is 0 Å². The van der Waals surface area contributed by atoms with E-state index in [4.69, 9.17) is 0 Å². The molecule has 1 N–H and O–H groups in total. The number of amides is 1. The minimum atomic E-state index is -3.45. The summed E-state index contributed by atoms with van der Waals surface area (Å²) in [5.74, 6) is 0.136. The molecule has 0 atom stereocenters. The number of nitrogens with zero attached hydrogens (tertiary/aromatic N) is 3. The van der Waals surface area contributed by atoms with Crippen molar-refractivity contribution in [3.05, 3.63) is 29.8 Å². The molecule has 2 aliphatic heterocycles. The highest BCUT2D eigenvalue weighted by molar-refractivity contribution is 7.89. The van der Waals surface area contributed by atoms with E-state index < -0.39 is 10.0 Å². The van der Waals surface area contributed by atoms with Crippen molar-refractivity contribution in [2.24, 2.45) is 0 Å². The number of aryl methyl sites for hydroxylation is 1. The first-order valence-corrected chi connectivity index (χ1v) is 10.2. The van der Waals surface area contributed by atoms with Crippen molar-refractivity contribution >= 4 is 28.3 Å². The molecule has 0 unspecified atom stereocenters. The normalized spacial score (nSPS) is 19.8. The van der Waals surface area contributed by atoms with Crippen molar-refractivity contribution in [3.8, 4) is 0 Å². The first-order chi connectivity index (χ1) is 12.0. The Balaban J connectivity index is 0.00000243. The average molecular weight is 403 g/mol. The summed E-state index contributed by atoms with van der Waals surface area (Å²) in [6.07, 6.45) is 0. The van der Waals surface area contributed by atoms with Gasteiger partial charge in [0, 0.05) is 52.4 Å². The standard InChI is InChI=1S/C17H26N4O3S.ClH/c1-15-2-4-16(5-3-15)25(23,24)21-12-10-19(11-13-21)14-17(22)20-8-6-18-7-9-20;/h2-5,18H,6-14H2,1H3;1H. The van der Waals surface area contributed by atoms with Crippen LogP contribution in [0.2, 0.25) is 0 Å². The van der Waals surface area contributed by atoms with Crippen molar-refractivity contribution in [2.45, 2.75) is 11.8 Å². The second-order valence-electron chi connectivity index (χ2n) is 6.62. The second-order valence-corrected chi connectivity index (χ2v) is 8.56. The van der Waals surface area contributed by atoms with Crippen LogP contribution in [-0.4, -0.2) is 87.3 Å². The van der Waals surface area contributed by atoms with Crippen LogP contribution in [0.3, 0.4) is 0 Å². The molecular formula is C17H27ClN4O3S. The number of carbonyl (C=O) groups is 1. The van der Waals surface area contributed by atoms with Gasteiger partial charge >= 0.3 is 0 Å². The largest absolute Gasteiger partial charge is 0.339 e. The van der Waals surface area contributed by atoms with E-state index in [9.17, 15) is 13.2 Å². The number of carbonyl (C=O) groups excluding carboxylic acids is 1. The number of sulfonamides is 1. The first-order valence-electron chi connectivity index (χ1n) is 8.74. The molecule has 9 heteroatoms. The van der Waals surface area contributed by atoms with Crippen LogP contribution in [0.25, 0.3) is 0 Å². The summed E-state index contributed by atoms with van der Waals surface area (Å²) in [6.45, 7) is 7.51. The predicted octanol–water partition coefficient (Wildman–Crippen LogP) is 0.155. The van der Waals surface area contributed by atoms with Crippen LogP contribution in [0.5, 0.6) is 0 Å². The average Bonchev–Trinajstić information content (AvgIpc) is 2.63. The molecule has 26 heavy (non-hydrogen) atoms. The summed E-state index contributed by atoms with van der Waals surface area (Å²) >= 11 is 0. The Hall–Kier alpha value is -1.19. The maximum Gasteiger partial charge on any atom is 0.243 e. The lowest BCUT2D eigenvalue weighted by atomic mass is 10.2. The predicted molar refractivity (Wildman–Crippen MR) is 103 cm³/mol. The van der Waals surface area contributed by atoms with Crippen LogP contribution in [0.15, 0.2) is 29.2 Å². The lowest BCUT2D eigenvalue weighted by Gasteiger charge is -2.35. The molecule has 1 aromatic rings. The molecule has 2 saturated heterocycles. The molecule has 1 aromatic carbocycles. The molecular weight excluding hydrogens is 376 g/mol. The van der Waals surface area contributed by atoms with Crippen LogP contribution >= 0.6 is 12.4 Å². The molecule has 3 rings (SSSR count). The summed E-state index contributed by atoms with van der Waals surface area (Å²) in [6, 6.07) is 6.94. The monoisotopic (exact) mass is 402 g/mol. The van der Waals surface area contributed by atoms with Gasteiger partial charge in [-0.15, -0.1) is 12.4 Å². The van der Waals surface area contributed by atoms with Crippen molar-refractivity contribution in [1.29, 1.82) is 0 Å². The molecule has 0 aromatic heterocycles. The quantitative estimate of drug-likeness (QED) is 0.776. The molecule has 2 aliphatic rings. The lowest BCUT2D eigenvalue weighted by molar-refractivity contribution is -0.133. The molecule has 7 nitrogen and oxygen atoms in total. The highest BCUT2D eigenvalue weighted by atomic mass is 35.5. The van der Waals surface area contributed by atoms with Gasteiger partial charge in [0.1, 0.15) is 0 Å². The van der Waals surface area contributed by atoms with Crippen molar-refractivity contribution < 1.29 is 13.2 Å². The highest BCUT2D eigenvalue weighted by Gasteiger charge is 2.29.